The molecule has 0 aromatic carbocycles. The van der Waals surface area contributed by atoms with Crippen LogP contribution >= 0.6 is 33.4 Å². The summed E-state index contributed by atoms with van der Waals surface area (Å²) in [5.74, 6) is 1.27. The molecule has 1 nitrogen and oxygen atoms in total. The van der Waals surface area contributed by atoms with Crippen molar-refractivity contribution in [1.29, 1.82) is 0 Å². The molecule has 0 saturated carbocycles. The Bertz CT molecular complexity index is 139. The van der Waals surface area contributed by atoms with Crippen molar-refractivity contribution in [3.63, 3.8) is 0 Å². The monoisotopic (exact) mass is 339 g/mol. The van der Waals surface area contributed by atoms with Crippen LogP contribution in [0.4, 0.5) is 0 Å². The number of rotatable bonds is 1. The fraction of sp³-hybridized carbons (Fsp3) is 0.750. The van der Waals surface area contributed by atoms with Gasteiger partial charge in [0.25, 0.3) is 0 Å². The van der Waals surface area contributed by atoms with Gasteiger partial charge >= 0.3 is 79.3 Å². The Labute approximate surface area is 78.5 Å². The zero-order chi connectivity index (χ0) is 6.69. The number of nitrogens with zero attached hydrogens (tertiary/aromatic N) is 1. The molecule has 0 N–H and O–H groups in total. The molecule has 9 heavy (non-hydrogen) atoms. The summed E-state index contributed by atoms with van der Waals surface area (Å²) in [7, 11) is 4.14. The van der Waals surface area contributed by atoms with Crippen LogP contribution in [0.1, 0.15) is 0 Å². The minimum atomic E-state index is 0.197. The number of thioether (sulfide) groups is 1. The first-order valence-electron chi connectivity index (χ1n) is 2.48. The van der Waals surface area contributed by atoms with Gasteiger partial charge in [-0.25, -0.2) is 0 Å². The summed E-state index contributed by atoms with van der Waals surface area (Å²) in [6.45, 7) is 1.23. The molecule has 0 unspecified atom stereocenters. The topological polar surface area (TPSA) is 3.01 Å². The zero-order valence-corrected chi connectivity index (χ0v) is 10.3. The molecule has 1 aliphatic heterocycles. The summed E-state index contributed by atoms with van der Waals surface area (Å²) in [5, 5.41) is 0. The molecule has 5 heteroatoms. The summed E-state index contributed by atoms with van der Waals surface area (Å²) >= 11 is 5.67. The molecule has 1 aliphatic rings. The van der Waals surface area contributed by atoms with Crippen LogP contribution in [0, 0.1) is 0 Å². The molecule has 0 spiro atoms. The zero-order valence-electron chi connectivity index (χ0n) is 4.93. The van der Waals surface area contributed by atoms with E-state index in [0.717, 1.165) is 0 Å². The first kappa shape index (κ1) is 8.67. The fourth-order valence-electron chi connectivity index (χ4n) is 0.577. The number of hydrogen-bond donors (Lipinski definition) is 0. The van der Waals surface area contributed by atoms with Crippen LogP contribution in [0.15, 0.2) is 0 Å². The van der Waals surface area contributed by atoms with Crippen molar-refractivity contribution in [2.24, 2.45) is 0 Å². The van der Waals surface area contributed by atoms with Crippen molar-refractivity contribution in [2.45, 2.75) is 0 Å². The second-order valence-corrected chi connectivity index (χ2v) is 10.9. The molecule has 0 radical (unpaired) electrons. The van der Waals surface area contributed by atoms with E-state index in [1.807, 2.05) is 20.7 Å². The van der Waals surface area contributed by atoms with Crippen molar-refractivity contribution >= 4 is 37.8 Å². The third-order valence-corrected chi connectivity index (χ3v) is 8.22. The number of hydrogen-bond acceptors (Lipinski definition) is 2. The molecular formula is C4H7BrINS2. The summed E-state index contributed by atoms with van der Waals surface area (Å²) < 4.78 is 3.83. The summed E-state index contributed by atoms with van der Waals surface area (Å²) in [6.07, 6.45) is 0. The SMILES string of the molecule is C[N+]1=C(S[I-]Br)SCC1. The maximum atomic E-state index is 3.50. The van der Waals surface area contributed by atoms with E-state index >= 15 is 0 Å². The molecule has 0 bridgehead atoms. The molecule has 0 atom stereocenters. The Morgan fingerprint density at radius 3 is 3.11 bits per heavy atom. The van der Waals surface area contributed by atoms with E-state index in [0.29, 0.717) is 0 Å². The van der Waals surface area contributed by atoms with Crippen molar-refractivity contribution in [3.8, 4) is 0 Å². The average molecular weight is 340 g/mol. The quantitative estimate of drug-likeness (QED) is 0.435. The van der Waals surface area contributed by atoms with Gasteiger partial charge in [0.1, 0.15) is 0 Å². The van der Waals surface area contributed by atoms with E-state index in [1.54, 1.807) is 0 Å². The van der Waals surface area contributed by atoms with Gasteiger partial charge in [0.2, 0.25) is 0 Å². The third kappa shape index (κ3) is 2.59. The molecule has 0 aromatic rings. The second-order valence-electron chi connectivity index (χ2n) is 1.67. The first-order chi connectivity index (χ1) is 4.34. The molecule has 0 aromatic heterocycles. The van der Waals surface area contributed by atoms with Crippen LogP contribution in [0.3, 0.4) is 0 Å². The molecule has 0 aliphatic carbocycles. The van der Waals surface area contributed by atoms with Crippen molar-refractivity contribution < 1.29 is 22.2 Å². The Balaban J connectivity index is 2.45. The van der Waals surface area contributed by atoms with E-state index in [1.165, 1.54) is 16.7 Å². The molecule has 0 amide bonds. The van der Waals surface area contributed by atoms with Gasteiger partial charge in [-0.1, -0.05) is 0 Å². The van der Waals surface area contributed by atoms with Gasteiger partial charge in [-0.3, -0.25) is 0 Å². The summed E-state index contributed by atoms with van der Waals surface area (Å²) in [4.78, 5) is 0. The fourth-order valence-corrected chi connectivity index (χ4v) is 9.29. The maximum absolute atomic E-state index is 3.50. The van der Waals surface area contributed by atoms with Crippen LogP contribution in [-0.4, -0.2) is 28.3 Å². The Morgan fingerprint density at radius 1 is 1.89 bits per heavy atom. The van der Waals surface area contributed by atoms with Crippen LogP contribution in [-0.2, 0) is 0 Å². The van der Waals surface area contributed by atoms with E-state index in [2.05, 4.69) is 24.3 Å². The predicted molar refractivity (Wildman–Crippen MR) is 45.0 cm³/mol. The molecule has 1 heterocycles. The molecule has 0 saturated heterocycles. The summed E-state index contributed by atoms with van der Waals surface area (Å²) in [5.41, 5.74) is 0. The van der Waals surface area contributed by atoms with Gasteiger partial charge in [0.15, 0.2) is 0 Å². The molecular weight excluding hydrogens is 333 g/mol. The Hall–Kier alpha value is 1.58. The van der Waals surface area contributed by atoms with Crippen LogP contribution < -0.4 is 17.6 Å². The molecule has 54 valence electrons. The van der Waals surface area contributed by atoms with Gasteiger partial charge in [-0.05, 0) is 0 Å². The molecule has 1 rings (SSSR count). The van der Waals surface area contributed by atoms with Crippen molar-refractivity contribution in [1.82, 2.24) is 0 Å². The number of halogens is 2. The van der Waals surface area contributed by atoms with Gasteiger partial charge in [0, 0.05) is 0 Å². The van der Waals surface area contributed by atoms with Gasteiger partial charge < -0.3 is 0 Å². The van der Waals surface area contributed by atoms with Gasteiger partial charge in [-0.2, -0.15) is 0 Å². The van der Waals surface area contributed by atoms with E-state index in [9.17, 15) is 0 Å². The predicted octanol–water partition coefficient (Wildman–Crippen LogP) is -1.22. The normalized spacial score (nSPS) is 19.8. The van der Waals surface area contributed by atoms with E-state index in [4.69, 9.17) is 0 Å². The van der Waals surface area contributed by atoms with Gasteiger partial charge in [0.05, 0.1) is 0 Å². The Morgan fingerprint density at radius 2 is 2.67 bits per heavy atom. The standard InChI is InChI=1S/C4H7BrINS2/c1-7-2-3-8-4(7)9-6-5/h2-3H2,1H3. The Kier molecular flexibility index (Phi) is 4.30. The third-order valence-electron chi connectivity index (χ3n) is 1.06. The molecule has 0 fully saturated rings. The van der Waals surface area contributed by atoms with Crippen LogP contribution in [0.25, 0.3) is 0 Å². The van der Waals surface area contributed by atoms with Crippen molar-refractivity contribution in [3.05, 3.63) is 0 Å². The van der Waals surface area contributed by atoms with Crippen LogP contribution in [0.5, 0.6) is 0 Å². The average Bonchev–Trinajstić information content (AvgIpc) is 2.18. The minimum absolute atomic E-state index is 0.197. The first-order valence-corrected chi connectivity index (χ1v) is 11.7. The van der Waals surface area contributed by atoms with E-state index < -0.39 is 0 Å². The van der Waals surface area contributed by atoms with Gasteiger partial charge in [-0.15, -0.1) is 0 Å². The summed E-state index contributed by atoms with van der Waals surface area (Å²) in [6, 6.07) is 0. The van der Waals surface area contributed by atoms with Crippen molar-refractivity contribution in [2.75, 3.05) is 19.3 Å². The van der Waals surface area contributed by atoms with Crippen LogP contribution in [0.2, 0.25) is 0 Å². The van der Waals surface area contributed by atoms with E-state index in [-0.39, 0.29) is 17.6 Å². The second kappa shape index (κ2) is 4.46.